The summed E-state index contributed by atoms with van der Waals surface area (Å²) in [5.74, 6) is 0.927. The molecule has 6 nitrogen and oxygen atoms in total. The van der Waals surface area contributed by atoms with Gasteiger partial charge in [-0.1, -0.05) is 18.2 Å². The zero-order valence-electron chi connectivity index (χ0n) is 15.7. The van der Waals surface area contributed by atoms with E-state index in [9.17, 15) is 0 Å². The predicted octanol–water partition coefficient (Wildman–Crippen LogP) is 3.78. The molecule has 0 atom stereocenters. The minimum atomic E-state index is 0.669. The number of nitrogens with one attached hydrogen (secondary N) is 1. The smallest absolute Gasteiger partial charge is 0.155 e. The fourth-order valence-electron chi connectivity index (χ4n) is 3.04. The number of aryl methyl sites for hydroxylation is 1. The van der Waals surface area contributed by atoms with E-state index in [0.29, 0.717) is 6.54 Å². The SMILES string of the molecule is CNc1ccc(-c2cnc3cnc(CN(C)c4ccc(C)cn4)cn23)cc1. The molecule has 0 saturated heterocycles. The van der Waals surface area contributed by atoms with Crippen LogP contribution in [0, 0.1) is 6.92 Å². The van der Waals surface area contributed by atoms with E-state index >= 15 is 0 Å². The summed E-state index contributed by atoms with van der Waals surface area (Å²) in [7, 11) is 3.94. The Kier molecular flexibility index (Phi) is 4.46. The Labute approximate surface area is 158 Å². The number of nitrogens with zero attached hydrogens (tertiary/aromatic N) is 5. The van der Waals surface area contributed by atoms with Crippen molar-refractivity contribution in [3.63, 3.8) is 0 Å². The van der Waals surface area contributed by atoms with Crippen molar-refractivity contribution in [3.8, 4) is 11.3 Å². The number of rotatable bonds is 5. The van der Waals surface area contributed by atoms with E-state index in [1.165, 1.54) is 0 Å². The van der Waals surface area contributed by atoms with Gasteiger partial charge in [-0.05, 0) is 30.7 Å². The molecule has 0 radical (unpaired) electrons. The van der Waals surface area contributed by atoms with Crippen LogP contribution in [0.15, 0.2) is 61.2 Å². The van der Waals surface area contributed by atoms with Crippen LogP contribution in [0.3, 0.4) is 0 Å². The fourth-order valence-corrected chi connectivity index (χ4v) is 3.04. The first-order chi connectivity index (χ1) is 13.1. The van der Waals surface area contributed by atoms with Crippen LogP contribution < -0.4 is 10.2 Å². The van der Waals surface area contributed by atoms with Crippen LogP contribution in [0.2, 0.25) is 0 Å². The summed E-state index contributed by atoms with van der Waals surface area (Å²) in [4.78, 5) is 15.6. The van der Waals surface area contributed by atoms with Crippen LogP contribution in [-0.2, 0) is 6.54 Å². The molecule has 0 unspecified atom stereocenters. The molecule has 0 aliphatic heterocycles. The summed E-state index contributed by atoms with van der Waals surface area (Å²) in [6, 6.07) is 12.4. The molecule has 4 aromatic rings. The first-order valence-corrected chi connectivity index (χ1v) is 8.88. The lowest BCUT2D eigenvalue weighted by Gasteiger charge is -2.18. The van der Waals surface area contributed by atoms with Gasteiger partial charge in [0.05, 0.1) is 30.3 Å². The maximum Gasteiger partial charge on any atom is 0.155 e. The van der Waals surface area contributed by atoms with Gasteiger partial charge in [-0.15, -0.1) is 0 Å². The number of hydrogen-bond donors (Lipinski definition) is 1. The number of fused-ring (bicyclic) bond motifs is 1. The molecule has 136 valence electrons. The molecule has 0 fully saturated rings. The molecular weight excluding hydrogens is 336 g/mol. The van der Waals surface area contributed by atoms with Gasteiger partial charge in [-0.3, -0.25) is 9.38 Å². The van der Waals surface area contributed by atoms with Crippen LogP contribution >= 0.6 is 0 Å². The third-order valence-electron chi connectivity index (χ3n) is 4.60. The van der Waals surface area contributed by atoms with Crippen LogP contribution in [0.5, 0.6) is 0 Å². The van der Waals surface area contributed by atoms with Crippen molar-refractivity contribution < 1.29 is 0 Å². The van der Waals surface area contributed by atoms with Crippen LogP contribution in [0.25, 0.3) is 16.9 Å². The molecule has 6 heteroatoms. The van der Waals surface area contributed by atoms with Gasteiger partial charge >= 0.3 is 0 Å². The zero-order valence-corrected chi connectivity index (χ0v) is 15.7. The molecule has 27 heavy (non-hydrogen) atoms. The highest BCUT2D eigenvalue weighted by atomic mass is 15.2. The van der Waals surface area contributed by atoms with Gasteiger partial charge in [0.15, 0.2) is 5.65 Å². The van der Waals surface area contributed by atoms with E-state index in [2.05, 4.69) is 59.9 Å². The minimum absolute atomic E-state index is 0.669. The quantitative estimate of drug-likeness (QED) is 0.588. The Bertz CT molecular complexity index is 1050. The number of benzene rings is 1. The maximum absolute atomic E-state index is 4.56. The normalized spacial score (nSPS) is 10.9. The van der Waals surface area contributed by atoms with Gasteiger partial charge < -0.3 is 10.2 Å². The molecular formula is C21H22N6. The van der Waals surface area contributed by atoms with Crippen molar-refractivity contribution in [1.29, 1.82) is 0 Å². The minimum Gasteiger partial charge on any atom is -0.388 e. The van der Waals surface area contributed by atoms with Crippen molar-refractivity contribution in [1.82, 2.24) is 19.4 Å². The average Bonchev–Trinajstić information content (AvgIpc) is 3.12. The summed E-state index contributed by atoms with van der Waals surface area (Å²) in [5.41, 5.74) is 6.20. The first kappa shape index (κ1) is 17.0. The molecule has 1 aromatic carbocycles. The van der Waals surface area contributed by atoms with Gasteiger partial charge in [0.1, 0.15) is 5.82 Å². The molecule has 4 rings (SSSR count). The average molecular weight is 358 g/mol. The maximum atomic E-state index is 4.56. The Morgan fingerprint density at radius 3 is 2.48 bits per heavy atom. The molecule has 0 bridgehead atoms. The van der Waals surface area contributed by atoms with Gasteiger partial charge in [0.2, 0.25) is 0 Å². The van der Waals surface area contributed by atoms with Gasteiger partial charge in [0, 0.05) is 37.7 Å². The van der Waals surface area contributed by atoms with Crippen LogP contribution in [0.4, 0.5) is 11.5 Å². The molecule has 0 amide bonds. The summed E-state index contributed by atoms with van der Waals surface area (Å²) in [5, 5.41) is 3.14. The van der Waals surface area contributed by atoms with E-state index < -0.39 is 0 Å². The number of aromatic nitrogens is 4. The lowest BCUT2D eigenvalue weighted by molar-refractivity contribution is 0.852. The van der Waals surface area contributed by atoms with Crippen molar-refractivity contribution in [2.24, 2.45) is 0 Å². The second-order valence-electron chi connectivity index (χ2n) is 6.63. The first-order valence-electron chi connectivity index (χ1n) is 8.88. The largest absolute Gasteiger partial charge is 0.388 e. The van der Waals surface area contributed by atoms with E-state index in [0.717, 1.165) is 39.7 Å². The van der Waals surface area contributed by atoms with E-state index in [1.54, 1.807) is 0 Å². The van der Waals surface area contributed by atoms with E-state index in [4.69, 9.17) is 0 Å². The third-order valence-corrected chi connectivity index (χ3v) is 4.60. The molecule has 0 saturated carbocycles. The molecule has 0 spiro atoms. The Hall–Kier alpha value is -3.41. The molecule has 1 N–H and O–H groups in total. The van der Waals surface area contributed by atoms with Gasteiger partial charge in [-0.25, -0.2) is 9.97 Å². The molecule has 3 heterocycles. The molecule has 0 aliphatic carbocycles. The Morgan fingerprint density at radius 1 is 0.963 bits per heavy atom. The predicted molar refractivity (Wildman–Crippen MR) is 109 cm³/mol. The summed E-state index contributed by atoms with van der Waals surface area (Å²) < 4.78 is 2.09. The summed E-state index contributed by atoms with van der Waals surface area (Å²) in [6.45, 7) is 2.71. The van der Waals surface area contributed by atoms with Crippen LogP contribution in [-0.4, -0.2) is 33.4 Å². The van der Waals surface area contributed by atoms with Crippen molar-refractivity contribution in [2.75, 3.05) is 24.3 Å². The molecule has 3 aromatic heterocycles. The standard InChI is InChI=1S/C21H22N6/c1-15-4-9-20(24-10-15)26(3)13-18-14-27-19(11-25-21(27)12-23-18)16-5-7-17(22-2)8-6-16/h4-12,14,22H,13H2,1-3H3. The summed E-state index contributed by atoms with van der Waals surface area (Å²) >= 11 is 0. The van der Waals surface area contributed by atoms with E-state index in [1.807, 2.05) is 51.9 Å². The topological polar surface area (TPSA) is 58.4 Å². The highest BCUT2D eigenvalue weighted by molar-refractivity contribution is 5.65. The number of hydrogen-bond acceptors (Lipinski definition) is 5. The lowest BCUT2D eigenvalue weighted by Crippen LogP contribution is -2.18. The zero-order chi connectivity index (χ0) is 18.8. The fraction of sp³-hybridized carbons (Fsp3) is 0.190. The molecule has 0 aliphatic rings. The Morgan fingerprint density at radius 2 is 1.78 bits per heavy atom. The van der Waals surface area contributed by atoms with Crippen LogP contribution in [0.1, 0.15) is 11.3 Å². The van der Waals surface area contributed by atoms with Crippen molar-refractivity contribution >= 4 is 17.2 Å². The number of pyridine rings is 1. The lowest BCUT2D eigenvalue weighted by atomic mass is 10.1. The monoisotopic (exact) mass is 358 g/mol. The van der Waals surface area contributed by atoms with Crippen molar-refractivity contribution in [2.45, 2.75) is 13.5 Å². The Balaban J connectivity index is 1.64. The number of anilines is 2. The number of imidazole rings is 1. The second-order valence-corrected chi connectivity index (χ2v) is 6.63. The second kappa shape index (κ2) is 7.07. The summed E-state index contributed by atoms with van der Waals surface area (Å²) in [6.07, 6.45) is 7.64. The highest BCUT2D eigenvalue weighted by Gasteiger charge is 2.10. The van der Waals surface area contributed by atoms with E-state index in [-0.39, 0.29) is 0 Å². The van der Waals surface area contributed by atoms with Gasteiger partial charge in [0.25, 0.3) is 0 Å². The highest BCUT2D eigenvalue weighted by Crippen LogP contribution is 2.23. The van der Waals surface area contributed by atoms with Crippen molar-refractivity contribution in [3.05, 3.63) is 72.4 Å². The van der Waals surface area contributed by atoms with Gasteiger partial charge in [-0.2, -0.15) is 0 Å². The third kappa shape index (κ3) is 3.46.